The van der Waals surface area contributed by atoms with Gasteiger partial charge in [-0.05, 0) is 6.42 Å². The molecule has 0 amide bonds. The van der Waals surface area contributed by atoms with E-state index in [-0.39, 0.29) is 0 Å². The van der Waals surface area contributed by atoms with Crippen LogP contribution in [0.3, 0.4) is 0 Å². The molecule has 0 saturated heterocycles. The molecular formula is C13H23N3. The van der Waals surface area contributed by atoms with Crippen LogP contribution in [0.15, 0.2) is 0 Å². The van der Waals surface area contributed by atoms with Gasteiger partial charge >= 0.3 is 0 Å². The lowest BCUT2D eigenvalue weighted by Crippen LogP contribution is -2.25. The van der Waals surface area contributed by atoms with Gasteiger partial charge in [-0.3, -0.25) is 0 Å². The van der Waals surface area contributed by atoms with Crippen LogP contribution in [-0.2, 0) is 25.9 Å². The molecule has 0 aliphatic carbocycles. The van der Waals surface area contributed by atoms with Gasteiger partial charge in [0, 0.05) is 38.2 Å². The van der Waals surface area contributed by atoms with Crippen LogP contribution in [0.5, 0.6) is 0 Å². The number of rotatable bonds is 5. The first-order valence-corrected chi connectivity index (χ1v) is 6.64. The number of unbranched alkanes of at least 4 members (excludes halogenated alkanes) is 2. The highest BCUT2D eigenvalue weighted by molar-refractivity contribution is 5.20. The molecule has 0 atom stereocenters. The van der Waals surface area contributed by atoms with E-state index in [9.17, 15) is 0 Å². The molecule has 1 aromatic rings. The Morgan fingerprint density at radius 2 is 2.19 bits per heavy atom. The molecule has 0 unspecified atom stereocenters. The lowest BCUT2D eigenvalue weighted by atomic mass is 10.1. The molecule has 2 rings (SSSR count). The van der Waals surface area contributed by atoms with Crippen molar-refractivity contribution in [3.8, 4) is 0 Å². The topological polar surface area (TPSA) is 29.9 Å². The number of aryl methyl sites for hydroxylation is 1. The van der Waals surface area contributed by atoms with Crippen molar-refractivity contribution in [2.45, 2.75) is 59.0 Å². The van der Waals surface area contributed by atoms with Crippen molar-refractivity contribution in [1.29, 1.82) is 0 Å². The molecule has 1 aliphatic heterocycles. The predicted octanol–water partition coefficient (Wildman–Crippen LogP) is 2.28. The number of aromatic nitrogens is 2. The monoisotopic (exact) mass is 221 g/mol. The maximum atomic E-state index is 4.75. The lowest BCUT2D eigenvalue weighted by Gasteiger charge is -2.16. The maximum Gasteiger partial charge on any atom is 0.108 e. The molecule has 1 aromatic heterocycles. The fourth-order valence-corrected chi connectivity index (χ4v) is 2.48. The molecule has 0 spiro atoms. The van der Waals surface area contributed by atoms with Crippen LogP contribution in [-0.4, -0.2) is 16.1 Å². The fourth-order valence-electron chi connectivity index (χ4n) is 2.48. The summed E-state index contributed by atoms with van der Waals surface area (Å²) in [4.78, 5) is 4.75. The lowest BCUT2D eigenvalue weighted by molar-refractivity contribution is 0.544. The number of fused-ring (bicyclic) bond motifs is 1. The molecule has 3 nitrogen and oxygen atoms in total. The third-order valence-corrected chi connectivity index (χ3v) is 3.37. The molecule has 90 valence electrons. The first-order valence-electron chi connectivity index (χ1n) is 6.64. The Hall–Kier alpha value is -0.830. The largest absolute Gasteiger partial charge is 0.332 e. The summed E-state index contributed by atoms with van der Waals surface area (Å²) >= 11 is 0. The minimum atomic E-state index is 0.961. The van der Waals surface area contributed by atoms with Crippen LogP contribution in [0.2, 0.25) is 0 Å². The van der Waals surface area contributed by atoms with Gasteiger partial charge in [0.1, 0.15) is 5.82 Å². The molecule has 0 bridgehead atoms. The highest BCUT2D eigenvalue weighted by Gasteiger charge is 2.18. The zero-order valence-electron chi connectivity index (χ0n) is 10.6. The van der Waals surface area contributed by atoms with E-state index >= 15 is 0 Å². The van der Waals surface area contributed by atoms with Gasteiger partial charge in [0.25, 0.3) is 0 Å². The Morgan fingerprint density at radius 1 is 1.31 bits per heavy atom. The van der Waals surface area contributed by atoms with Crippen LogP contribution < -0.4 is 5.32 Å². The second-order valence-corrected chi connectivity index (χ2v) is 4.56. The maximum absolute atomic E-state index is 4.75. The van der Waals surface area contributed by atoms with E-state index in [0.29, 0.717) is 0 Å². The summed E-state index contributed by atoms with van der Waals surface area (Å²) < 4.78 is 2.48. The number of imidazole rings is 1. The van der Waals surface area contributed by atoms with Crippen molar-refractivity contribution in [1.82, 2.24) is 14.9 Å². The van der Waals surface area contributed by atoms with Gasteiger partial charge in [-0.2, -0.15) is 0 Å². The Kier molecular flexibility index (Phi) is 3.99. The Bertz CT molecular complexity index is 341. The van der Waals surface area contributed by atoms with Crippen LogP contribution in [0.25, 0.3) is 0 Å². The van der Waals surface area contributed by atoms with Crippen LogP contribution in [0.1, 0.15) is 50.3 Å². The molecular weight excluding hydrogens is 198 g/mol. The summed E-state index contributed by atoms with van der Waals surface area (Å²) in [7, 11) is 0. The number of nitrogens with zero attached hydrogens (tertiary/aromatic N) is 2. The van der Waals surface area contributed by atoms with Gasteiger partial charge < -0.3 is 9.88 Å². The molecule has 0 aromatic carbocycles. The second kappa shape index (κ2) is 5.48. The molecule has 0 fully saturated rings. The van der Waals surface area contributed by atoms with E-state index < -0.39 is 0 Å². The normalized spacial score (nSPS) is 15.1. The third kappa shape index (κ3) is 2.29. The van der Waals surface area contributed by atoms with E-state index in [4.69, 9.17) is 4.98 Å². The van der Waals surface area contributed by atoms with Crippen molar-refractivity contribution in [3.05, 3.63) is 17.2 Å². The van der Waals surface area contributed by atoms with Gasteiger partial charge in [0.2, 0.25) is 0 Å². The predicted molar refractivity (Wildman–Crippen MR) is 66.5 cm³/mol. The molecule has 1 aliphatic rings. The average Bonchev–Trinajstić information content (AvgIpc) is 2.68. The fraction of sp³-hybridized carbons (Fsp3) is 0.769. The molecule has 0 saturated carbocycles. The Labute approximate surface area is 98.3 Å². The number of hydrogen-bond acceptors (Lipinski definition) is 2. The van der Waals surface area contributed by atoms with Crippen LogP contribution in [0.4, 0.5) is 0 Å². The Balaban J connectivity index is 2.16. The van der Waals surface area contributed by atoms with E-state index in [1.54, 1.807) is 0 Å². The van der Waals surface area contributed by atoms with E-state index in [1.807, 2.05) is 0 Å². The Morgan fingerprint density at radius 3 is 2.94 bits per heavy atom. The summed E-state index contributed by atoms with van der Waals surface area (Å²) in [5.74, 6) is 1.28. The van der Waals surface area contributed by atoms with Crippen LogP contribution >= 0.6 is 0 Å². The van der Waals surface area contributed by atoms with Gasteiger partial charge in [-0.15, -0.1) is 0 Å². The molecule has 0 radical (unpaired) electrons. The minimum Gasteiger partial charge on any atom is -0.332 e. The molecule has 3 heteroatoms. The van der Waals surface area contributed by atoms with Crippen molar-refractivity contribution in [2.24, 2.45) is 0 Å². The van der Waals surface area contributed by atoms with Gasteiger partial charge in [-0.1, -0.05) is 26.7 Å². The summed E-state index contributed by atoms with van der Waals surface area (Å²) in [6.07, 6.45) is 6.11. The smallest absolute Gasteiger partial charge is 0.108 e. The SMILES string of the molecule is CCCCCn1c(CC)nc2c1CCNC2. The average molecular weight is 221 g/mol. The molecule has 16 heavy (non-hydrogen) atoms. The van der Waals surface area contributed by atoms with Gasteiger partial charge in [0.05, 0.1) is 5.69 Å². The first-order chi connectivity index (χ1) is 7.86. The first kappa shape index (κ1) is 11.6. The number of hydrogen-bond donors (Lipinski definition) is 1. The highest BCUT2D eigenvalue weighted by Crippen LogP contribution is 2.17. The summed E-state index contributed by atoms with van der Waals surface area (Å²) in [6, 6.07) is 0. The van der Waals surface area contributed by atoms with E-state index in [2.05, 4.69) is 23.7 Å². The zero-order chi connectivity index (χ0) is 11.4. The van der Waals surface area contributed by atoms with Crippen molar-refractivity contribution in [2.75, 3.05) is 6.54 Å². The van der Waals surface area contributed by atoms with Gasteiger partial charge in [0.15, 0.2) is 0 Å². The quantitative estimate of drug-likeness (QED) is 0.773. The van der Waals surface area contributed by atoms with Crippen LogP contribution in [0, 0.1) is 0 Å². The standard InChI is InChI=1S/C13H23N3/c1-3-5-6-9-16-12-7-8-14-10-11(12)15-13(16)4-2/h14H,3-10H2,1-2H3. The van der Waals surface area contributed by atoms with Gasteiger partial charge in [-0.25, -0.2) is 4.98 Å². The van der Waals surface area contributed by atoms with Crippen molar-refractivity contribution >= 4 is 0 Å². The minimum absolute atomic E-state index is 0.961. The number of nitrogens with one attached hydrogen (secondary N) is 1. The summed E-state index contributed by atoms with van der Waals surface area (Å²) in [5.41, 5.74) is 2.78. The van der Waals surface area contributed by atoms with E-state index in [1.165, 1.54) is 43.0 Å². The molecule has 1 N–H and O–H groups in total. The molecule has 2 heterocycles. The zero-order valence-corrected chi connectivity index (χ0v) is 10.6. The second-order valence-electron chi connectivity index (χ2n) is 4.56. The third-order valence-electron chi connectivity index (χ3n) is 3.37. The van der Waals surface area contributed by atoms with E-state index in [0.717, 1.165) is 25.9 Å². The highest BCUT2D eigenvalue weighted by atomic mass is 15.1. The van der Waals surface area contributed by atoms with Crippen molar-refractivity contribution < 1.29 is 0 Å². The summed E-state index contributed by atoms with van der Waals surface area (Å²) in [6.45, 7) is 7.70. The summed E-state index contributed by atoms with van der Waals surface area (Å²) in [5, 5.41) is 3.40. The van der Waals surface area contributed by atoms with Crippen molar-refractivity contribution in [3.63, 3.8) is 0 Å².